The average molecular weight is 244 g/mol. The molecule has 2 fully saturated rings. The summed E-state index contributed by atoms with van der Waals surface area (Å²) >= 11 is 0. The van der Waals surface area contributed by atoms with Crippen molar-refractivity contribution in [2.24, 2.45) is 5.73 Å². The first kappa shape index (κ1) is 12.3. The minimum atomic E-state index is -1.14. The molecular weight excluding hydrogens is 228 g/mol. The summed E-state index contributed by atoms with van der Waals surface area (Å²) in [6, 6.07) is -0.987. The lowest BCUT2D eigenvalue weighted by atomic mass is 9.98. The maximum absolute atomic E-state index is 12.2. The van der Waals surface area contributed by atoms with E-state index in [0.717, 1.165) is 4.90 Å². The largest absolute Gasteiger partial charge is 0.480 e. The van der Waals surface area contributed by atoms with Crippen LogP contribution >= 0.6 is 0 Å². The van der Waals surface area contributed by atoms with Gasteiger partial charge in [0.25, 0.3) is 0 Å². The van der Waals surface area contributed by atoms with E-state index in [1.807, 2.05) is 0 Å². The van der Waals surface area contributed by atoms with Crippen molar-refractivity contribution >= 4 is 11.9 Å². The molecule has 0 aromatic carbocycles. The van der Waals surface area contributed by atoms with Crippen LogP contribution in [0, 0.1) is 0 Å². The number of nitrogens with zero attached hydrogens (tertiary/aromatic N) is 1. The molecule has 17 heavy (non-hydrogen) atoms. The Kier molecular flexibility index (Phi) is 3.07. The molecule has 3 atom stereocenters. The molecule has 1 amide bonds. The Morgan fingerprint density at radius 2 is 2.18 bits per heavy atom. The van der Waals surface area contributed by atoms with Crippen molar-refractivity contribution in [2.45, 2.75) is 30.5 Å². The lowest BCUT2D eigenvalue weighted by molar-refractivity contribution is -0.150. The van der Waals surface area contributed by atoms with E-state index in [0.29, 0.717) is 13.0 Å². The predicted molar refractivity (Wildman–Crippen MR) is 56.1 cm³/mol. The summed E-state index contributed by atoms with van der Waals surface area (Å²) in [7, 11) is 0. The maximum Gasteiger partial charge on any atom is 0.326 e. The van der Waals surface area contributed by atoms with Crippen LogP contribution in [0.5, 0.6) is 0 Å². The SMILES string of the molecule is NC1(C(=O)N2C[C@@H](O)C[C@H]2C(=O)O)CCOC1. The zero-order valence-corrected chi connectivity index (χ0v) is 9.33. The number of aliphatic hydroxyl groups excluding tert-OH is 1. The van der Waals surface area contributed by atoms with E-state index in [1.165, 1.54) is 0 Å². The van der Waals surface area contributed by atoms with Crippen molar-refractivity contribution in [1.29, 1.82) is 0 Å². The average Bonchev–Trinajstić information content (AvgIpc) is 2.84. The first-order valence-electron chi connectivity index (χ1n) is 5.52. The topological polar surface area (TPSA) is 113 Å². The third-order valence-corrected chi connectivity index (χ3v) is 3.30. The summed E-state index contributed by atoms with van der Waals surface area (Å²) in [5, 5.41) is 18.5. The fraction of sp³-hybridized carbons (Fsp3) is 0.800. The Morgan fingerprint density at radius 1 is 1.47 bits per heavy atom. The number of β-amino-alcohol motifs (C(OH)–C–C–N with tert-alkyl or cyclic N) is 1. The van der Waals surface area contributed by atoms with Gasteiger partial charge in [-0.3, -0.25) is 4.79 Å². The van der Waals surface area contributed by atoms with Crippen molar-refractivity contribution in [3.05, 3.63) is 0 Å². The molecule has 0 aliphatic carbocycles. The number of hydrogen-bond acceptors (Lipinski definition) is 5. The van der Waals surface area contributed by atoms with Crippen molar-refractivity contribution in [3.63, 3.8) is 0 Å². The lowest BCUT2D eigenvalue weighted by Crippen LogP contribution is -2.58. The number of aliphatic carboxylic acids is 1. The van der Waals surface area contributed by atoms with Crippen molar-refractivity contribution in [1.82, 2.24) is 4.90 Å². The highest BCUT2D eigenvalue weighted by Crippen LogP contribution is 2.25. The molecule has 7 nitrogen and oxygen atoms in total. The molecule has 96 valence electrons. The number of carbonyl (C=O) groups excluding carboxylic acids is 1. The van der Waals surface area contributed by atoms with E-state index < -0.39 is 29.6 Å². The highest BCUT2D eigenvalue weighted by atomic mass is 16.5. The third-order valence-electron chi connectivity index (χ3n) is 3.30. The molecule has 0 spiro atoms. The molecule has 2 heterocycles. The van der Waals surface area contributed by atoms with Gasteiger partial charge in [-0.2, -0.15) is 0 Å². The number of carboxylic acid groups (broad SMARTS) is 1. The van der Waals surface area contributed by atoms with Gasteiger partial charge in [0.1, 0.15) is 11.6 Å². The van der Waals surface area contributed by atoms with Crippen LogP contribution in [0.2, 0.25) is 0 Å². The molecule has 7 heteroatoms. The molecule has 2 aliphatic heterocycles. The standard InChI is InChI=1S/C10H16N2O5/c11-10(1-2-17-5-10)9(16)12-4-6(13)3-7(12)8(14)15/h6-7,13H,1-5,11H2,(H,14,15)/t6-,7-,10?/m0/s1. The second-order valence-electron chi connectivity index (χ2n) is 4.66. The van der Waals surface area contributed by atoms with E-state index in [2.05, 4.69) is 0 Å². The van der Waals surface area contributed by atoms with Crippen LogP contribution < -0.4 is 5.73 Å². The van der Waals surface area contributed by atoms with Gasteiger partial charge in [0.2, 0.25) is 5.91 Å². The van der Waals surface area contributed by atoms with Gasteiger partial charge in [0.05, 0.1) is 12.7 Å². The molecular formula is C10H16N2O5. The fourth-order valence-electron chi connectivity index (χ4n) is 2.31. The first-order chi connectivity index (χ1) is 7.94. The number of carboxylic acids is 1. The minimum absolute atomic E-state index is 0.0226. The summed E-state index contributed by atoms with van der Waals surface area (Å²) in [4.78, 5) is 24.3. The smallest absolute Gasteiger partial charge is 0.326 e. The molecule has 0 radical (unpaired) electrons. The van der Waals surface area contributed by atoms with Gasteiger partial charge in [0.15, 0.2) is 0 Å². The van der Waals surface area contributed by atoms with Crippen molar-refractivity contribution < 1.29 is 24.5 Å². The van der Waals surface area contributed by atoms with Crippen LogP contribution in [0.3, 0.4) is 0 Å². The summed E-state index contributed by atoms with van der Waals surface area (Å²) in [5.74, 6) is -1.56. The molecule has 4 N–H and O–H groups in total. The van der Waals surface area contributed by atoms with Crippen LogP contribution in [-0.2, 0) is 14.3 Å². The number of rotatable bonds is 2. The van der Waals surface area contributed by atoms with Crippen LogP contribution in [0.15, 0.2) is 0 Å². The Balaban J connectivity index is 2.15. The fourth-order valence-corrected chi connectivity index (χ4v) is 2.31. The van der Waals surface area contributed by atoms with E-state index in [4.69, 9.17) is 15.6 Å². The first-order valence-corrected chi connectivity index (χ1v) is 5.52. The number of carbonyl (C=O) groups is 2. The zero-order valence-electron chi connectivity index (χ0n) is 9.33. The second kappa shape index (κ2) is 4.25. The number of aliphatic hydroxyl groups is 1. The molecule has 0 saturated carbocycles. The van der Waals surface area contributed by atoms with E-state index in [-0.39, 0.29) is 19.6 Å². The van der Waals surface area contributed by atoms with E-state index in [9.17, 15) is 14.7 Å². The predicted octanol–water partition coefficient (Wildman–Crippen LogP) is -1.85. The van der Waals surface area contributed by atoms with Crippen LogP contribution in [0.25, 0.3) is 0 Å². The van der Waals surface area contributed by atoms with Gasteiger partial charge in [-0.15, -0.1) is 0 Å². The molecule has 2 rings (SSSR count). The molecule has 0 bridgehead atoms. The van der Waals surface area contributed by atoms with E-state index in [1.54, 1.807) is 0 Å². The van der Waals surface area contributed by atoms with Crippen LogP contribution in [-0.4, -0.2) is 64.4 Å². The number of amides is 1. The Morgan fingerprint density at radius 3 is 2.71 bits per heavy atom. The maximum atomic E-state index is 12.2. The summed E-state index contributed by atoms with van der Waals surface area (Å²) in [5.41, 5.74) is 4.76. The molecule has 0 aromatic heterocycles. The van der Waals surface area contributed by atoms with E-state index >= 15 is 0 Å². The number of nitrogens with two attached hydrogens (primary N) is 1. The summed E-state index contributed by atoms with van der Waals surface area (Å²) in [6.45, 7) is 0.524. The summed E-state index contributed by atoms with van der Waals surface area (Å²) in [6.07, 6.45) is -0.367. The third kappa shape index (κ3) is 2.13. The van der Waals surface area contributed by atoms with Crippen molar-refractivity contribution in [3.8, 4) is 0 Å². The molecule has 1 unspecified atom stereocenters. The Labute approximate surface area is 98.1 Å². The van der Waals surface area contributed by atoms with Gasteiger partial charge in [-0.05, 0) is 6.42 Å². The summed E-state index contributed by atoms with van der Waals surface area (Å²) < 4.78 is 5.08. The molecule has 2 aliphatic rings. The Hall–Kier alpha value is -1.18. The quantitative estimate of drug-likeness (QED) is 0.525. The molecule has 2 saturated heterocycles. The van der Waals surface area contributed by atoms with Gasteiger partial charge in [-0.1, -0.05) is 0 Å². The van der Waals surface area contributed by atoms with Gasteiger partial charge in [0, 0.05) is 19.6 Å². The van der Waals surface area contributed by atoms with Gasteiger partial charge in [-0.25, -0.2) is 4.79 Å². The van der Waals surface area contributed by atoms with Crippen LogP contribution in [0.1, 0.15) is 12.8 Å². The van der Waals surface area contributed by atoms with Crippen molar-refractivity contribution in [2.75, 3.05) is 19.8 Å². The second-order valence-corrected chi connectivity index (χ2v) is 4.66. The van der Waals surface area contributed by atoms with Gasteiger partial charge < -0.3 is 25.6 Å². The monoisotopic (exact) mass is 244 g/mol. The highest BCUT2D eigenvalue weighted by Gasteiger charge is 2.47. The van der Waals surface area contributed by atoms with Crippen LogP contribution in [0.4, 0.5) is 0 Å². The number of likely N-dealkylation sites (tertiary alicyclic amines) is 1. The van der Waals surface area contributed by atoms with Gasteiger partial charge >= 0.3 is 5.97 Å². The minimum Gasteiger partial charge on any atom is -0.480 e. The number of hydrogen-bond donors (Lipinski definition) is 3. The number of ether oxygens (including phenoxy) is 1. The Bertz CT molecular complexity index is 340. The zero-order chi connectivity index (χ0) is 12.6. The highest BCUT2D eigenvalue weighted by molar-refractivity contribution is 5.91. The lowest BCUT2D eigenvalue weighted by Gasteiger charge is -2.29. The molecule has 0 aromatic rings. The normalized spacial score (nSPS) is 37.4.